The first-order valence-corrected chi connectivity index (χ1v) is 14.0. The number of carbonyl (C=O) groups is 2. The maximum absolute atomic E-state index is 13.5. The molecule has 0 aliphatic rings. The van der Waals surface area contributed by atoms with Crippen LogP contribution < -0.4 is 24.4 Å². The zero-order valence-electron chi connectivity index (χ0n) is 24.9. The summed E-state index contributed by atoms with van der Waals surface area (Å²) < 4.78 is 61.4. The van der Waals surface area contributed by atoms with Crippen LogP contribution in [0, 0.1) is 0 Å². The number of halogens is 3. The zero-order valence-corrected chi connectivity index (χ0v) is 24.9. The van der Waals surface area contributed by atoms with Gasteiger partial charge in [-0.25, -0.2) is 10.2 Å². The minimum Gasteiger partial charge on any atom is -0.496 e. The molecule has 5 aromatic rings. The molecule has 5 rings (SSSR count). The van der Waals surface area contributed by atoms with Gasteiger partial charge in [-0.15, -0.1) is 0 Å². The maximum atomic E-state index is 13.5. The largest absolute Gasteiger partial charge is 0.496 e. The van der Waals surface area contributed by atoms with E-state index in [1.54, 1.807) is 32.2 Å². The molecule has 4 aromatic carbocycles. The third kappa shape index (κ3) is 6.65. The fraction of sp³-hybridized carbons (Fsp3) is 0.147. The smallest absolute Gasteiger partial charge is 0.416 e. The Hall–Kier alpha value is -5.78. The summed E-state index contributed by atoms with van der Waals surface area (Å²) in [6.07, 6.45) is -3.24. The summed E-state index contributed by atoms with van der Waals surface area (Å²) >= 11 is 0. The van der Waals surface area contributed by atoms with Crippen LogP contribution in [0.2, 0.25) is 0 Å². The number of aromatic nitrogens is 1. The second-order valence-corrected chi connectivity index (χ2v) is 9.77. The van der Waals surface area contributed by atoms with Crippen molar-refractivity contribution in [1.29, 1.82) is 0 Å². The van der Waals surface area contributed by atoms with Crippen molar-refractivity contribution in [3.63, 3.8) is 0 Å². The first-order chi connectivity index (χ1) is 22.1. The highest BCUT2D eigenvalue weighted by molar-refractivity contribution is 6.13. The van der Waals surface area contributed by atoms with Gasteiger partial charge in [0.05, 0.1) is 49.1 Å². The standard InChI is InChI=1S/C34H28F3N3O6/c1-4-45-27-17-20(13-14-24(27)46-33(42)22-11-8-12-23(18-22)34(35,36)37)19-38-40-32(41)31-28(21-9-6-5-7-10-21)29-25(43-2)15-16-26(44-3)30(29)39-31/h5-19,39H,4H2,1-3H3,(H,40,41). The molecule has 236 valence electrons. The Morgan fingerprint density at radius 2 is 1.59 bits per heavy atom. The van der Waals surface area contributed by atoms with E-state index in [1.165, 1.54) is 31.5 Å². The van der Waals surface area contributed by atoms with Crippen molar-refractivity contribution in [2.45, 2.75) is 13.1 Å². The highest BCUT2D eigenvalue weighted by Crippen LogP contribution is 2.42. The number of nitrogens with one attached hydrogen (secondary N) is 2. The lowest BCUT2D eigenvalue weighted by Crippen LogP contribution is -2.19. The van der Waals surface area contributed by atoms with Crippen LogP contribution in [0.1, 0.15) is 38.9 Å². The van der Waals surface area contributed by atoms with E-state index >= 15 is 0 Å². The summed E-state index contributed by atoms with van der Waals surface area (Å²) in [5.41, 5.74) is 3.94. The van der Waals surface area contributed by atoms with Gasteiger partial charge in [0, 0.05) is 5.56 Å². The third-order valence-electron chi connectivity index (χ3n) is 6.88. The van der Waals surface area contributed by atoms with Crippen LogP contribution in [0.15, 0.2) is 90.0 Å². The Morgan fingerprint density at radius 3 is 2.28 bits per heavy atom. The van der Waals surface area contributed by atoms with Crippen molar-refractivity contribution in [3.05, 3.63) is 107 Å². The molecule has 2 N–H and O–H groups in total. The number of ether oxygens (including phenoxy) is 4. The number of esters is 1. The highest BCUT2D eigenvalue weighted by atomic mass is 19.4. The Kier molecular flexibility index (Phi) is 9.26. The average molecular weight is 632 g/mol. The number of hydrogen-bond donors (Lipinski definition) is 2. The molecule has 0 fully saturated rings. The molecule has 1 amide bonds. The normalized spacial score (nSPS) is 11.4. The van der Waals surface area contributed by atoms with Crippen LogP contribution in [0.25, 0.3) is 22.0 Å². The molecule has 1 heterocycles. The molecule has 12 heteroatoms. The van der Waals surface area contributed by atoms with Crippen LogP contribution in [0.3, 0.4) is 0 Å². The number of hydrazone groups is 1. The summed E-state index contributed by atoms with van der Waals surface area (Å²) in [6, 6.07) is 21.2. The fourth-order valence-electron chi connectivity index (χ4n) is 4.81. The molecule has 0 atom stereocenters. The van der Waals surface area contributed by atoms with Crippen LogP contribution in [0.4, 0.5) is 13.2 Å². The second-order valence-electron chi connectivity index (χ2n) is 9.77. The van der Waals surface area contributed by atoms with E-state index < -0.39 is 23.6 Å². The number of H-pyrrole nitrogens is 1. The Balaban J connectivity index is 1.39. The molecule has 0 radical (unpaired) electrons. The van der Waals surface area contributed by atoms with Crippen molar-refractivity contribution in [2.75, 3.05) is 20.8 Å². The molecule has 46 heavy (non-hydrogen) atoms. The molecule has 0 saturated carbocycles. The van der Waals surface area contributed by atoms with Gasteiger partial charge in [0.25, 0.3) is 5.91 Å². The molecule has 0 aliphatic carbocycles. The Morgan fingerprint density at radius 1 is 0.870 bits per heavy atom. The molecule has 0 unspecified atom stereocenters. The lowest BCUT2D eigenvalue weighted by Gasteiger charge is -2.12. The predicted octanol–water partition coefficient (Wildman–Crippen LogP) is 7.25. The van der Waals surface area contributed by atoms with E-state index in [2.05, 4.69) is 15.5 Å². The van der Waals surface area contributed by atoms with E-state index in [4.69, 9.17) is 18.9 Å². The molecular weight excluding hydrogens is 603 g/mol. The SMILES string of the molecule is CCOc1cc(C=NNC(=O)c2[nH]c3c(OC)ccc(OC)c3c2-c2ccccc2)ccc1OC(=O)c1cccc(C(F)(F)F)c1. The average Bonchev–Trinajstić information content (AvgIpc) is 3.47. The van der Waals surface area contributed by atoms with E-state index in [9.17, 15) is 22.8 Å². The van der Waals surface area contributed by atoms with Crippen LogP contribution in [0.5, 0.6) is 23.0 Å². The fourth-order valence-corrected chi connectivity index (χ4v) is 4.81. The molecule has 0 saturated heterocycles. The molecule has 9 nitrogen and oxygen atoms in total. The van der Waals surface area contributed by atoms with Gasteiger partial charge in [-0.2, -0.15) is 18.3 Å². The van der Waals surface area contributed by atoms with Gasteiger partial charge in [-0.3, -0.25) is 4.79 Å². The minimum atomic E-state index is -4.61. The minimum absolute atomic E-state index is 0.001000. The summed E-state index contributed by atoms with van der Waals surface area (Å²) in [5, 5.41) is 4.77. The number of carbonyl (C=O) groups excluding carboxylic acids is 2. The highest BCUT2D eigenvalue weighted by Gasteiger charge is 2.31. The van der Waals surface area contributed by atoms with Crippen molar-refractivity contribution >= 4 is 29.0 Å². The van der Waals surface area contributed by atoms with Gasteiger partial charge in [0.15, 0.2) is 11.5 Å². The zero-order chi connectivity index (χ0) is 32.8. The Labute approximate surface area is 261 Å². The molecular formula is C34H28F3N3O6. The summed E-state index contributed by atoms with van der Waals surface area (Å²) in [5.74, 6) is -0.301. The van der Waals surface area contributed by atoms with Gasteiger partial charge in [-0.05, 0) is 66.6 Å². The van der Waals surface area contributed by atoms with E-state index in [0.29, 0.717) is 33.5 Å². The Bertz CT molecular complexity index is 1920. The molecule has 1 aromatic heterocycles. The lowest BCUT2D eigenvalue weighted by molar-refractivity contribution is -0.137. The first kappa shape index (κ1) is 31.6. The molecule has 0 bridgehead atoms. The number of alkyl halides is 3. The van der Waals surface area contributed by atoms with Crippen LogP contribution >= 0.6 is 0 Å². The van der Waals surface area contributed by atoms with Crippen molar-refractivity contribution < 1.29 is 41.7 Å². The van der Waals surface area contributed by atoms with Gasteiger partial charge >= 0.3 is 12.1 Å². The number of benzene rings is 4. The topological polar surface area (TPSA) is 111 Å². The summed E-state index contributed by atoms with van der Waals surface area (Å²) in [6.45, 7) is 1.93. The van der Waals surface area contributed by atoms with Crippen molar-refractivity contribution in [2.24, 2.45) is 5.10 Å². The van der Waals surface area contributed by atoms with Crippen molar-refractivity contribution in [3.8, 4) is 34.1 Å². The molecule has 0 aliphatic heterocycles. The number of fused-ring (bicyclic) bond motifs is 1. The van der Waals surface area contributed by atoms with Crippen molar-refractivity contribution in [1.82, 2.24) is 10.4 Å². The van der Waals surface area contributed by atoms with Gasteiger partial charge in [0.1, 0.15) is 17.2 Å². The number of methoxy groups -OCH3 is 2. The number of amides is 1. The quantitative estimate of drug-likeness (QED) is 0.0727. The third-order valence-corrected chi connectivity index (χ3v) is 6.88. The number of rotatable bonds is 10. The number of nitrogens with zero attached hydrogens (tertiary/aromatic N) is 1. The maximum Gasteiger partial charge on any atom is 0.416 e. The second kappa shape index (κ2) is 13.5. The van der Waals surface area contributed by atoms with Gasteiger partial charge in [-0.1, -0.05) is 36.4 Å². The molecule has 0 spiro atoms. The van der Waals surface area contributed by atoms with Crippen LogP contribution in [-0.4, -0.2) is 43.9 Å². The van der Waals surface area contributed by atoms with Crippen LogP contribution in [-0.2, 0) is 6.18 Å². The number of hydrogen-bond acceptors (Lipinski definition) is 7. The van der Waals surface area contributed by atoms with E-state index in [0.717, 1.165) is 23.8 Å². The van der Waals surface area contributed by atoms with E-state index in [-0.39, 0.29) is 29.4 Å². The predicted molar refractivity (Wildman–Crippen MR) is 166 cm³/mol. The van der Waals surface area contributed by atoms with Gasteiger partial charge < -0.3 is 23.9 Å². The summed E-state index contributed by atoms with van der Waals surface area (Å²) in [4.78, 5) is 29.3. The first-order valence-electron chi connectivity index (χ1n) is 14.0. The van der Waals surface area contributed by atoms with Gasteiger partial charge in [0.2, 0.25) is 0 Å². The number of aromatic amines is 1. The summed E-state index contributed by atoms with van der Waals surface area (Å²) in [7, 11) is 3.07. The van der Waals surface area contributed by atoms with E-state index in [1.807, 2.05) is 30.3 Å². The lowest BCUT2D eigenvalue weighted by atomic mass is 10.0. The monoisotopic (exact) mass is 631 g/mol.